The van der Waals surface area contributed by atoms with Gasteiger partial charge in [0.05, 0.1) is 22.1 Å². The number of aliphatic carboxylic acids is 1. The summed E-state index contributed by atoms with van der Waals surface area (Å²) in [5.74, 6) is -0.857. The van der Waals surface area contributed by atoms with Crippen molar-refractivity contribution in [2.75, 3.05) is 5.32 Å². The Morgan fingerprint density at radius 3 is 2.68 bits per heavy atom. The summed E-state index contributed by atoms with van der Waals surface area (Å²) in [6, 6.07) is 7.81. The Hall–Kier alpha value is -3.14. The predicted octanol–water partition coefficient (Wildman–Crippen LogP) is 5.53. The highest BCUT2D eigenvalue weighted by atomic mass is 32.1. The van der Waals surface area contributed by atoms with E-state index >= 15 is 0 Å². The van der Waals surface area contributed by atoms with Gasteiger partial charge in [0.2, 0.25) is 5.95 Å². The normalized spacial score (nSPS) is 21.8. The summed E-state index contributed by atoms with van der Waals surface area (Å²) in [6.45, 7) is 9.21. The van der Waals surface area contributed by atoms with Crippen molar-refractivity contribution in [3.8, 4) is 10.4 Å². The van der Waals surface area contributed by atoms with E-state index in [9.17, 15) is 20.1 Å². The van der Waals surface area contributed by atoms with E-state index in [-0.39, 0.29) is 0 Å². The van der Waals surface area contributed by atoms with Crippen molar-refractivity contribution in [3.05, 3.63) is 59.0 Å². The Morgan fingerprint density at radius 1 is 1.24 bits per heavy atom. The number of benzene rings is 1. The van der Waals surface area contributed by atoms with Gasteiger partial charge in [0.25, 0.3) is 0 Å². The number of rotatable bonds is 7. The predicted molar refractivity (Wildman–Crippen MR) is 146 cm³/mol. The third-order valence-electron chi connectivity index (χ3n) is 6.70. The number of carbonyl (C=O) groups is 1. The lowest BCUT2D eigenvalue weighted by Gasteiger charge is -2.44. The second-order valence-electron chi connectivity index (χ2n) is 11.2. The first kappa shape index (κ1) is 26.9. The molecule has 196 valence electrons. The maximum absolute atomic E-state index is 11.7. The maximum Gasteiger partial charge on any atom is 0.307 e. The van der Waals surface area contributed by atoms with Crippen LogP contribution in [0.25, 0.3) is 16.5 Å². The summed E-state index contributed by atoms with van der Waals surface area (Å²) in [5, 5.41) is 34.8. The van der Waals surface area contributed by atoms with Crippen LogP contribution in [0.15, 0.2) is 42.7 Å². The first-order chi connectivity index (χ1) is 17.2. The van der Waals surface area contributed by atoms with Crippen LogP contribution in [0.4, 0.5) is 11.6 Å². The zero-order chi connectivity index (χ0) is 27.0. The number of anilines is 2. The molecule has 9 heteroatoms. The number of aliphatic hydroxyl groups is 2. The third kappa shape index (κ3) is 6.41. The van der Waals surface area contributed by atoms with Crippen molar-refractivity contribution in [3.63, 3.8) is 0 Å². The molecule has 4 N–H and O–H groups in total. The van der Waals surface area contributed by atoms with Gasteiger partial charge in [-0.25, -0.2) is 15.0 Å². The van der Waals surface area contributed by atoms with Gasteiger partial charge in [0.1, 0.15) is 10.6 Å². The van der Waals surface area contributed by atoms with Crippen LogP contribution in [0.2, 0.25) is 0 Å². The molecule has 8 nitrogen and oxygen atoms in total. The summed E-state index contributed by atoms with van der Waals surface area (Å²) in [4.78, 5) is 26.0. The van der Waals surface area contributed by atoms with Crippen LogP contribution in [0.3, 0.4) is 0 Å². The second-order valence-corrected chi connectivity index (χ2v) is 12.2. The van der Waals surface area contributed by atoms with E-state index in [1.807, 2.05) is 32.9 Å². The summed E-state index contributed by atoms with van der Waals surface area (Å²) >= 11 is 1.44. The summed E-state index contributed by atoms with van der Waals surface area (Å²) in [5.41, 5.74) is 0.858. The average Bonchev–Trinajstić information content (AvgIpc) is 3.28. The molecule has 1 aliphatic rings. The van der Waals surface area contributed by atoms with E-state index in [0.717, 1.165) is 21.7 Å². The third-order valence-corrected chi connectivity index (χ3v) is 7.94. The first-order valence-corrected chi connectivity index (χ1v) is 13.1. The summed E-state index contributed by atoms with van der Waals surface area (Å²) in [7, 11) is 0. The van der Waals surface area contributed by atoms with Gasteiger partial charge in [0.15, 0.2) is 0 Å². The second kappa shape index (κ2) is 9.96. The molecule has 2 atom stereocenters. The van der Waals surface area contributed by atoms with Crippen molar-refractivity contribution in [1.82, 2.24) is 15.0 Å². The molecule has 1 saturated carbocycles. The summed E-state index contributed by atoms with van der Waals surface area (Å²) in [6.07, 6.45) is 7.99. The van der Waals surface area contributed by atoms with Crippen molar-refractivity contribution < 1.29 is 20.1 Å². The first-order valence-electron chi connectivity index (χ1n) is 12.3. The molecule has 2 heterocycles. The molecule has 4 rings (SSSR count). The van der Waals surface area contributed by atoms with Gasteiger partial charge in [-0.05, 0) is 80.9 Å². The number of aryl methyl sites for hydroxylation is 1. The summed E-state index contributed by atoms with van der Waals surface area (Å²) < 4.78 is 0. The van der Waals surface area contributed by atoms with Crippen molar-refractivity contribution in [2.24, 2.45) is 11.3 Å². The Morgan fingerprint density at radius 2 is 2.00 bits per heavy atom. The minimum absolute atomic E-state index is 0.347. The average molecular weight is 523 g/mol. The SMILES string of the molecule is Cc1cc(Nc2nccc(C=CC(C)(C)O)n2)cc(-c2cnc([C@@]3(O)CC[C@H](C(=O)O)C(C)(C)C3)s2)c1. The van der Waals surface area contributed by atoms with E-state index in [2.05, 4.69) is 26.3 Å². The number of carboxylic acids is 1. The molecule has 37 heavy (non-hydrogen) atoms. The van der Waals surface area contributed by atoms with Gasteiger partial charge >= 0.3 is 5.97 Å². The molecule has 0 unspecified atom stereocenters. The van der Waals surface area contributed by atoms with Gasteiger partial charge < -0.3 is 20.6 Å². The molecular formula is C28H34N4O4S. The van der Waals surface area contributed by atoms with Crippen LogP contribution in [0, 0.1) is 18.3 Å². The molecule has 0 radical (unpaired) electrons. The molecule has 0 bridgehead atoms. The minimum atomic E-state index is -1.14. The van der Waals surface area contributed by atoms with E-state index in [1.54, 1.807) is 44.5 Å². The van der Waals surface area contributed by atoms with E-state index in [1.165, 1.54) is 11.3 Å². The van der Waals surface area contributed by atoms with Gasteiger partial charge in [-0.15, -0.1) is 11.3 Å². The van der Waals surface area contributed by atoms with Gasteiger partial charge in [-0.2, -0.15) is 0 Å². The number of nitrogens with zero attached hydrogens (tertiary/aromatic N) is 3. The highest BCUT2D eigenvalue weighted by Crippen LogP contribution is 2.50. The number of hydrogen-bond acceptors (Lipinski definition) is 8. The number of carboxylic acid groups (broad SMARTS) is 1. The molecule has 2 aromatic heterocycles. The van der Waals surface area contributed by atoms with Crippen molar-refractivity contribution >= 4 is 35.0 Å². The highest BCUT2D eigenvalue weighted by molar-refractivity contribution is 7.15. The quantitative estimate of drug-likeness (QED) is 0.319. The van der Waals surface area contributed by atoms with Crippen LogP contribution in [0.1, 0.15) is 63.2 Å². The minimum Gasteiger partial charge on any atom is -0.481 e. The van der Waals surface area contributed by atoms with E-state index in [4.69, 9.17) is 0 Å². The largest absolute Gasteiger partial charge is 0.481 e. The lowest BCUT2D eigenvalue weighted by Crippen LogP contribution is -2.44. The zero-order valence-corrected chi connectivity index (χ0v) is 22.6. The Labute approximate surface area is 221 Å². The molecule has 0 saturated heterocycles. The molecular weight excluding hydrogens is 488 g/mol. The fourth-order valence-corrected chi connectivity index (χ4v) is 5.96. The molecule has 3 aromatic rings. The lowest BCUT2D eigenvalue weighted by atomic mass is 9.63. The number of aromatic nitrogens is 3. The van der Waals surface area contributed by atoms with Gasteiger partial charge in [-0.1, -0.05) is 26.0 Å². The van der Waals surface area contributed by atoms with E-state index in [0.29, 0.717) is 35.9 Å². The fourth-order valence-electron chi connectivity index (χ4n) is 4.94. The van der Waals surface area contributed by atoms with Gasteiger partial charge in [0, 0.05) is 18.1 Å². The number of hydrogen-bond donors (Lipinski definition) is 4. The van der Waals surface area contributed by atoms with Crippen LogP contribution >= 0.6 is 11.3 Å². The van der Waals surface area contributed by atoms with E-state index < -0.39 is 28.5 Å². The van der Waals surface area contributed by atoms with Crippen LogP contribution < -0.4 is 5.32 Å². The molecule has 0 spiro atoms. The molecule has 1 aromatic carbocycles. The molecule has 1 aliphatic carbocycles. The lowest BCUT2D eigenvalue weighted by molar-refractivity contribution is -0.154. The number of thiazole rings is 1. The van der Waals surface area contributed by atoms with Gasteiger partial charge in [-0.3, -0.25) is 4.79 Å². The maximum atomic E-state index is 11.7. The van der Waals surface area contributed by atoms with Crippen molar-refractivity contribution in [1.29, 1.82) is 0 Å². The van der Waals surface area contributed by atoms with Crippen molar-refractivity contribution in [2.45, 2.75) is 65.1 Å². The zero-order valence-electron chi connectivity index (χ0n) is 21.8. The Kier molecular flexibility index (Phi) is 7.25. The Bertz CT molecular complexity index is 1330. The molecule has 0 aliphatic heterocycles. The van der Waals surface area contributed by atoms with Crippen LogP contribution in [-0.2, 0) is 10.4 Å². The number of nitrogens with one attached hydrogen (secondary N) is 1. The van der Waals surface area contributed by atoms with Crippen LogP contribution in [0.5, 0.6) is 0 Å². The topological polar surface area (TPSA) is 128 Å². The standard InChI is InChI=1S/C28H34N4O4S/c1-17-12-18(14-20(13-17)32-25-29-11-8-19(31-25)6-9-27(4,5)35)22-15-30-24(37-22)28(36)10-7-21(23(33)34)26(2,3)16-28/h6,8-9,11-15,21,35-36H,7,10,16H2,1-5H3,(H,33,34)(H,29,31,32)/t21-,28-/m1/s1. The fraction of sp³-hybridized carbons (Fsp3) is 0.429. The highest BCUT2D eigenvalue weighted by Gasteiger charge is 2.49. The Balaban J connectivity index is 1.56. The smallest absolute Gasteiger partial charge is 0.307 e. The molecule has 0 amide bonds. The monoisotopic (exact) mass is 522 g/mol. The molecule has 1 fully saturated rings. The van der Waals surface area contributed by atoms with Crippen LogP contribution in [-0.4, -0.2) is 41.8 Å².